The third-order valence-corrected chi connectivity index (χ3v) is 4.91. The Balaban J connectivity index is 1.96. The third kappa shape index (κ3) is 5.45. The van der Waals surface area contributed by atoms with E-state index in [9.17, 15) is 4.79 Å². The Morgan fingerprint density at radius 1 is 1.27 bits per heavy atom. The Labute approximate surface area is 134 Å². The molecule has 1 aromatic carbocycles. The predicted octanol–water partition coefficient (Wildman–Crippen LogP) is 3.88. The highest BCUT2D eigenvalue weighted by atomic mass is 16.4. The van der Waals surface area contributed by atoms with Crippen molar-refractivity contribution in [2.75, 3.05) is 0 Å². The van der Waals surface area contributed by atoms with Crippen LogP contribution in [0.2, 0.25) is 0 Å². The van der Waals surface area contributed by atoms with Crippen LogP contribution in [0.5, 0.6) is 0 Å². The van der Waals surface area contributed by atoms with Gasteiger partial charge in [0, 0.05) is 18.5 Å². The molecular formula is C19H29NO2. The lowest BCUT2D eigenvalue weighted by atomic mass is 9.79. The van der Waals surface area contributed by atoms with Crippen molar-refractivity contribution in [3.05, 3.63) is 35.9 Å². The van der Waals surface area contributed by atoms with Crippen molar-refractivity contribution in [2.24, 2.45) is 11.8 Å². The van der Waals surface area contributed by atoms with E-state index in [0.717, 1.165) is 12.3 Å². The summed E-state index contributed by atoms with van der Waals surface area (Å²) < 4.78 is 0. The van der Waals surface area contributed by atoms with E-state index in [0.29, 0.717) is 18.4 Å². The summed E-state index contributed by atoms with van der Waals surface area (Å²) >= 11 is 0. The maximum absolute atomic E-state index is 10.9. The molecule has 122 valence electrons. The van der Waals surface area contributed by atoms with Crippen LogP contribution >= 0.6 is 0 Å². The van der Waals surface area contributed by atoms with Crippen molar-refractivity contribution in [3.8, 4) is 0 Å². The Morgan fingerprint density at radius 2 is 2.00 bits per heavy atom. The van der Waals surface area contributed by atoms with Crippen LogP contribution in [0.3, 0.4) is 0 Å². The van der Waals surface area contributed by atoms with Gasteiger partial charge in [-0.25, -0.2) is 0 Å². The second kappa shape index (κ2) is 8.33. The summed E-state index contributed by atoms with van der Waals surface area (Å²) in [6.07, 6.45) is 5.60. The number of nitrogens with one attached hydrogen (secondary N) is 1. The lowest BCUT2D eigenvalue weighted by Gasteiger charge is -2.36. The van der Waals surface area contributed by atoms with E-state index < -0.39 is 5.97 Å². The molecule has 22 heavy (non-hydrogen) atoms. The highest BCUT2D eigenvalue weighted by Crippen LogP contribution is 2.29. The van der Waals surface area contributed by atoms with Crippen molar-refractivity contribution in [1.29, 1.82) is 0 Å². The van der Waals surface area contributed by atoms with Crippen LogP contribution in [0.4, 0.5) is 0 Å². The third-order valence-electron chi connectivity index (χ3n) is 4.91. The number of rotatable bonds is 7. The topological polar surface area (TPSA) is 49.3 Å². The number of carboxylic acid groups (broad SMARTS) is 1. The first-order valence-corrected chi connectivity index (χ1v) is 8.56. The van der Waals surface area contributed by atoms with Crippen molar-refractivity contribution in [2.45, 2.75) is 64.5 Å². The van der Waals surface area contributed by atoms with Gasteiger partial charge in [-0.2, -0.15) is 0 Å². The molecule has 3 nitrogen and oxygen atoms in total. The monoisotopic (exact) mass is 303 g/mol. The summed E-state index contributed by atoms with van der Waals surface area (Å²) in [5.41, 5.74) is 1.28. The minimum absolute atomic E-state index is 0.238. The van der Waals surface area contributed by atoms with Crippen LogP contribution in [0.1, 0.15) is 51.5 Å². The van der Waals surface area contributed by atoms with E-state index in [1.54, 1.807) is 0 Å². The van der Waals surface area contributed by atoms with Gasteiger partial charge < -0.3 is 10.4 Å². The lowest BCUT2D eigenvalue weighted by molar-refractivity contribution is -0.137. The Morgan fingerprint density at radius 3 is 2.64 bits per heavy atom. The zero-order valence-corrected chi connectivity index (χ0v) is 13.8. The first kappa shape index (κ1) is 17.0. The molecule has 1 saturated carbocycles. The second-order valence-corrected chi connectivity index (χ2v) is 6.99. The number of benzene rings is 1. The molecule has 0 amide bonds. The molecule has 2 N–H and O–H groups in total. The highest BCUT2D eigenvalue weighted by Gasteiger charge is 2.27. The summed E-state index contributed by atoms with van der Waals surface area (Å²) in [4.78, 5) is 10.9. The zero-order valence-electron chi connectivity index (χ0n) is 13.8. The molecule has 2 rings (SSSR count). The Hall–Kier alpha value is -1.35. The van der Waals surface area contributed by atoms with Crippen LogP contribution in [-0.4, -0.2) is 23.2 Å². The normalized spacial score (nSPS) is 26.5. The van der Waals surface area contributed by atoms with Gasteiger partial charge in [0.1, 0.15) is 0 Å². The fraction of sp³-hybridized carbons (Fsp3) is 0.632. The number of carboxylic acids is 1. The van der Waals surface area contributed by atoms with Gasteiger partial charge in [0.05, 0.1) is 0 Å². The summed E-state index contributed by atoms with van der Waals surface area (Å²) in [6.45, 7) is 4.66. The summed E-state index contributed by atoms with van der Waals surface area (Å²) in [5.74, 6) is 0.789. The summed E-state index contributed by atoms with van der Waals surface area (Å²) in [7, 11) is 0. The minimum Gasteiger partial charge on any atom is -0.481 e. The van der Waals surface area contributed by atoms with Gasteiger partial charge in [0.2, 0.25) is 0 Å². The van der Waals surface area contributed by atoms with E-state index in [1.165, 1.54) is 24.8 Å². The second-order valence-electron chi connectivity index (χ2n) is 6.99. The fourth-order valence-electron chi connectivity index (χ4n) is 3.66. The molecule has 0 heterocycles. The number of carbonyl (C=O) groups is 1. The molecule has 4 unspecified atom stereocenters. The molecule has 0 aromatic heterocycles. The first-order chi connectivity index (χ1) is 10.5. The van der Waals surface area contributed by atoms with Gasteiger partial charge in [0.15, 0.2) is 0 Å². The van der Waals surface area contributed by atoms with Gasteiger partial charge in [-0.15, -0.1) is 0 Å². The van der Waals surface area contributed by atoms with Crippen molar-refractivity contribution < 1.29 is 9.90 Å². The number of hydrogen-bond donors (Lipinski definition) is 2. The zero-order chi connectivity index (χ0) is 15.9. The van der Waals surface area contributed by atoms with Crippen molar-refractivity contribution in [1.82, 2.24) is 5.32 Å². The van der Waals surface area contributed by atoms with E-state index in [-0.39, 0.29) is 12.5 Å². The Kier molecular flexibility index (Phi) is 6.44. The van der Waals surface area contributed by atoms with Crippen LogP contribution in [-0.2, 0) is 11.2 Å². The molecule has 4 atom stereocenters. The van der Waals surface area contributed by atoms with Crippen LogP contribution in [0, 0.1) is 11.8 Å². The quantitative estimate of drug-likeness (QED) is 0.803. The molecule has 0 spiro atoms. The van der Waals surface area contributed by atoms with Gasteiger partial charge in [0.25, 0.3) is 0 Å². The fourth-order valence-corrected chi connectivity index (χ4v) is 3.66. The van der Waals surface area contributed by atoms with Gasteiger partial charge >= 0.3 is 5.97 Å². The summed E-state index contributed by atoms with van der Waals surface area (Å²) in [6, 6.07) is 11.2. The van der Waals surface area contributed by atoms with E-state index in [1.807, 2.05) is 6.07 Å². The molecular weight excluding hydrogens is 274 g/mol. The molecule has 0 aliphatic heterocycles. The average molecular weight is 303 g/mol. The number of hydrogen-bond acceptors (Lipinski definition) is 2. The Bertz CT molecular complexity index is 460. The maximum atomic E-state index is 10.9. The lowest BCUT2D eigenvalue weighted by Crippen LogP contribution is -2.45. The SMILES string of the molecule is CC1CCC(NC(CCC(=O)O)Cc2ccccc2)C(C)C1. The maximum Gasteiger partial charge on any atom is 0.303 e. The predicted molar refractivity (Wildman–Crippen MR) is 89.9 cm³/mol. The van der Waals surface area contributed by atoms with Crippen LogP contribution in [0.15, 0.2) is 30.3 Å². The van der Waals surface area contributed by atoms with Crippen LogP contribution in [0.25, 0.3) is 0 Å². The molecule has 1 aromatic rings. The van der Waals surface area contributed by atoms with Gasteiger partial charge in [-0.05, 0) is 49.5 Å². The molecule has 1 aliphatic rings. The minimum atomic E-state index is -0.704. The molecule has 0 saturated heterocycles. The van der Waals surface area contributed by atoms with E-state index in [4.69, 9.17) is 5.11 Å². The standard InChI is InChI=1S/C19H29NO2/c1-14-8-10-18(15(2)12-14)20-17(9-11-19(21)22)13-16-6-4-3-5-7-16/h3-7,14-15,17-18,20H,8-13H2,1-2H3,(H,21,22). The van der Waals surface area contributed by atoms with E-state index in [2.05, 4.69) is 43.4 Å². The summed E-state index contributed by atoms with van der Waals surface area (Å²) in [5, 5.41) is 12.8. The van der Waals surface area contributed by atoms with Gasteiger partial charge in [-0.1, -0.05) is 44.2 Å². The van der Waals surface area contributed by atoms with Crippen molar-refractivity contribution >= 4 is 5.97 Å². The van der Waals surface area contributed by atoms with Gasteiger partial charge in [-0.3, -0.25) is 4.79 Å². The van der Waals surface area contributed by atoms with Crippen LogP contribution < -0.4 is 5.32 Å². The average Bonchev–Trinajstić information content (AvgIpc) is 2.48. The number of aliphatic carboxylic acids is 1. The highest BCUT2D eigenvalue weighted by molar-refractivity contribution is 5.66. The molecule has 3 heteroatoms. The smallest absolute Gasteiger partial charge is 0.303 e. The van der Waals surface area contributed by atoms with E-state index >= 15 is 0 Å². The molecule has 0 bridgehead atoms. The van der Waals surface area contributed by atoms with Crippen molar-refractivity contribution in [3.63, 3.8) is 0 Å². The first-order valence-electron chi connectivity index (χ1n) is 8.56. The molecule has 0 radical (unpaired) electrons. The molecule has 1 aliphatic carbocycles. The molecule has 1 fully saturated rings. The largest absolute Gasteiger partial charge is 0.481 e.